The lowest BCUT2D eigenvalue weighted by molar-refractivity contribution is 0.0955. The van der Waals surface area contributed by atoms with E-state index in [4.69, 9.17) is 4.74 Å². The Balaban J connectivity index is 2.02. The zero-order valence-electron chi connectivity index (χ0n) is 14.3. The van der Waals surface area contributed by atoms with Gasteiger partial charge >= 0.3 is 0 Å². The fraction of sp³-hybridized carbons (Fsp3) is 0.263. The molecular formula is C19H22N2O3. The number of hydrogen-bond acceptors (Lipinski definition) is 4. The number of carbonyl (C=O) groups is 1. The smallest absolute Gasteiger partial charge is 0.271 e. The summed E-state index contributed by atoms with van der Waals surface area (Å²) in [4.78, 5) is 12.1. The van der Waals surface area contributed by atoms with E-state index in [0.717, 1.165) is 0 Å². The SMILES string of the molecule is COc1cc(/C=N\NC(=O)c2ccc(C(C)(C)C)cc2)ccc1O. The first-order chi connectivity index (χ1) is 11.3. The van der Waals surface area contributed by atoms with Crippen LogP contribution in [0.15, 0.2) is 47.6 Å². The van der Waals surface area contributed by atoms with Gasteiger partial charge in [-0.05, 0) is 46.9 Å². The standard InChI is InChI=1S/C19H22N2O3/c1-19(2,3)15-8-6-14(7-9-15)18(23)21-20-12-13-5-10-16(22)17(11-13)24-4/h5-12,22H,1-4H3,(H,21,23)/b20-12-. The first kappa shape index (κ1) is 17.5. The summed E-state index contributed by atoms with van der Waals surface area (Å²) in [5.74, 6) is 0.123. The Bertz CT molecular complexity index is 744. The maximum Gasteiger partial charge on any atom is 0.271 e. The second-order valence-electron chi connectivity index (χ2n) is 6.46. The summed E-state index contributed by atoms with van der Waals surface area (Å²) < 4.78 is 5.02. The second kappa shape index (κ2) is 7.17. The van der Waals surface area contributed by atoms with Gasteiger partial charge in [0.15, 0.2) is 11.5 Å². The number of ether oxygens (including phenoxy) is 1. The maximum absolute atomic E-state index is 12.1. The molecule has 0 fully saturated rings. The minimum absolute atomic E-state index is 0.0467. The molecule has 2 N–H and O–H groups in total. The molecule has 0 spiro atoms. The zero-order valence-corrected chi connectivity index (χ0v) is 14.3. The largest absolute Gasteiger partial charge is 0.504 e. The molecule has 2 aromatic carbocycles. The Hall–Kier alpha value is -2.82. The molecule has 0 bridgehead atoms. The van der Waals surface area contributed by atoms with Crippen LogP contribution in [-0.2, 0) is 5.41 Å². The van der Waals surface area contributed by atoms with Crippen LogP contribution in [0.2, 0.25) is 0 Å². The number of amides is 1. The highest BCUT2D eigenvalue weighted by Crippen LogP contribution is 2.25. The molecule has 24 heavy (non-hydrogen) atoms. The van der Waals surface area contributed by atoms with Crippen LogP contribution in [0.3, 0.4) is 0 Å². The molecule has 5 heteroatoms. The normalized spacial score (nSPS) is 11.5. The number of phenols is 1. The van der Waals surface area contributed by atoms with Crippen LogP contribution in [0.5, 0.6) is 11.5 Å². The van der Waals surface area contributed by atoms with Gasteiger partial charge in [-0.3, -0.25) is 4.79 Å². The van der Waals surface area contributed by atoms with Gasteiger partial charge in [-0.15, -0.1) is 0 Å². The predicted molar refractivity (Wildman–Crippen MR) is 94.9 cm³/mol. The summed E-state index contributed by atoms with van der Waals surface area (Å²) >= 11 is 0. The Morgan fingerprint density at radius 1 is 1.17 bits per heavy atom. The van der Waals surface area contributed by atoms with Crippen LogP contribution >= 0.6 is 0 Å². The third-order valence-corrected chi connectivity index (χ3v) is 3.60. The van der Waals surface area contributed by atoms with Crippen molar-refractivity contribution < 1.29 is 14.6 Å². The number of carbonyl (C=O) groups excluding carboxylic acids is 1. The highest BCUT2D eigenvalue weighted by molar-refractivity contribution is 5.95. The van der Waals surface area contributed by atoms with Crippen molar-refractivity contribution in [1.29, 1.82) is 0 Å². The molecule has 2 aromatic rings. The van der Waals surface area contributed by atoms with Gasteiger partial charge in [0.2, 0.25) is 0 Å². The number of nitrogens with zero attached hydrogens (tertiary/aromatic N) is 1. The number of hydrogen-bond donors (Lipinski definition) is 2. The molecule has 0 aliphatic carbocycles. The lowest BCUT2D eigenvalue weighted by Gasteiger charge is -2.18. The Morgan fingerprint density at radius 3 is 2.42 bits per heavy atom. The summed E-state index contributed by atoms with van der Waals surface area (Å²) in [6.45, 7) is 6.37. The van der Waals surface area contributed by atoms with E-state index in [-0.39, 0.29) is 17.1 Å². The Labute approximate surface area is 142 Å². The van der Waals surface area contributed by atoms with Gasteiger partial charge in [-0.1, -0.05) is 32.9 Å². The van der Waals surface area contributed by atoms with Crippen LogP contribution in [0, 0.1) is 0 Å². The minimum Gasteiger partial charge on any atom is -0.504 e. The minimum atomic E-state index is -0.280. The van der Waals surface area contributed by atoms with E-state index in [1.54, 1.807) is 24.3 Å². The number of benzene rings is 2. The molecule has 0 aromatic heterocycles. The number of phenolic OH excluding ortho intramolecular Hbond substituents is 1. The van der Waals surface area contributed by atoms with E-state index in [1.165, 1.54) is 25.0 Å². The molecule has 0 saturated heterocycles. The quantitative estimate of drug-likeness (QED) is 0.667. The molecule has 0 aliphatic heterocycles. The molecular weight excluding hydrogens is 304 g/mol. The van der Waals surface area contributed by atoms with E-state index in [2.05, 4.69) is 31.3 Å². The Kier molecular flexibility index (Phi) is 5.24. The highest BCUT2D eigenvalue weighted by Gasteiger charge is 2.14. The number of nitrogens with one attached hydrogen (secondary N) is 1. The van der Waals surface area contributed by atoms with Gasteiger partial charge < -0.3 is 9.84 Å². The van der Waals surface area contributed by atoms with E-state index < -0.39 is 0 Å². The maximum atomic E-state index is 12.1. The zero-order chi connectivity index (χ0) is 17.7. The lowest BCUT2D eigenvalue weighted by atomic mass is 9.87. The molecule has 0 saturated carbocycles. The van der Waals surface area contributed by atoms with Crippen molar-refractivity contribution in [2.75, 3.05) is 7.11 Å². The van der Waals surface area contributed by atoms with E-state index in [1.807, 2.05) is 12.1 Å². The summed E-state index contributed by atoms with van der Waals surface area (Å²) in [7, 11) is 1.47. The van der Waals surface area contributed by atoms with Gasteiger partial charge in [0.05, 0.1) is 13.3 Å². The van der Waals surface area contributed by atoms with Crippen molar-refractivity contribution in [2.24, 2.45) is 5.10 Å². The second-order valence-corrected chi connectivity index (χ2v) is 6.46. The monoisotopic (exact) mass is 326 g/mol. The van der Waals surface area contributed by atoms with Crippen LogP contribution in [0.1, 0.15) is 42.3 Å². The van der Waals surface area contributed by atoms with Crippen molar-refractivity contribution in [1.82, 2.24) is 5.43 Å². The van der Waals surface area contributed by atoms with Gasteiger partial charge in [-0.2, -0.15) is 5.10 Å². The summed E-state index contributed by atoms with van der Waals surface area (Å²) in [6.07, 6.45) is 1.49. The molecule has 0 atom stereocenters. The van der Waals surface area contributed by atoms with E-state index >= 15 is 0 Å². The fourth-order valence-electron chi connectivity index (χ4n) is 2.13. The molecule has 0 radical (unpaired) electrons. The lowest BCUT2D eigenvalue weighted by Crippen LogP contribution is -2.18. The first-order valence-corrected chi connectivity index (χ1v) is 7.62. The molecule has 126 valence electrons. The van der Waals surface area contributed by atoms with Crippen molar-refractivity contribution in [3.05, 3.63) is 59.2 Å². The molecule has 5 nitrogen and oxygen atoms in total. The fourth-order valence-corrected chi connectivity index (χ4v) is 2.13. The van der Waals surface area contributed by atoms with E-state index in [0.29, 0.717) is 16.9 Å². The van der Waals surface area contributed by atoms with Crippen molar-refractivity contribution >= 4 is 12.1 Å². The number of aromatic hydroxyl groups is 1. The first-order valence-electron chi connectivity index (χ1n) is 7.62. The van der Waals surface area contributed by atoms with Crippen molar-refractivity contribution in [3.63, 3.8) is 0 Å². The number of hydrazone groups is 1. The van der Waals surface area contributed by atoms with Gasteiger partial charge in [0, 0.05) is 5.56 Å². The van der Waals surface area contributed by atoms with Crippen LogP contribution < -0.4 is 10.2 Å². The van der Waals surface area contributed by atoms with Crippen LogP contribution in [0.25, 0.3) is 0 Å². The van der Waals surface area contributed by atoms with Crippen molar-refractivity contribution in [2.45, 2.75) is 26.2 Å². The predicted octanol–water partition coefficient (Wildman–Crippen LogP) is 3.46. The number of rotatable bonds is 4. The van der Waals surface area contributed by atoms with Gasteiger partial charge in [0.1, 0.15) is 0 Å². The van der Waals surface area contributed by atoms with Gasteiger partial charge in [0.25, 0.3) is 5.91 Å². The molecule has 0 aliphatic rings. The number of methoxy groups -OCH3 is 1. The average Bonchev–Trinajstić information content (AvgIpc) is 2.55. The van der Waals surface area contributed by atoms with Gasteiger partial charge in [-0.25, -0.2) is 5.43 Å². The third kappa shape index (κ3) is 4.35. The molecule has 0 heterocycles. The topological polar surface area (TPSA) is 70.9 Å². The third-order valence-electron chi connectivity index (χ3n) is 3.60. The van der Waals surface area contributed by atoms with E-state index in [9.17, 15) is 9.90 Å². The summed E-state index contributed by atoms with van der Waals surface area (Å²) in [5, 5.41) is 13.5. The summed E-state index contributed by atoms with van der Waals surface area (Å²) in [6, 6.07) is 12.3. The Morgan fingerprint density at radius 2 is 1.83 bits per heavy atom. The highest BCUT2D eigenvalue weighted by atomic mass is 16.5. The molecule has 0 unspecified atom stereocenters. The summed E-state index contributed by atoms with van der Waals surface area (Å²) in [5.41, 5.74) is 4.94. The van der Waals surface area contributed by atoms with Crippen molar-refractivity contribution in [3.8, 4) is 11.5 Å². The molecule has 1 amide bonds. The van der Waals surface area contributed by atoms with Crippen LogP contribution in [-0.4, -0.2) is 24.3 Å². The average molecular weight is 326 g/mol. The molecule has 2 rings (SSSR count). The van der Waals surface area contributed by atoms with Crippen LogP contribution in [0.4, 0.5) is 0 Å².